The summed E-state index contributed by atoms with van der Waals surface area (Å²) in [6.07, 6.45) is 0. The van der Waals surface area contributed by atoms with Crippen LogP contribution in [0.3, 0.4) is 0 Å². The lowest BCUT2D eigenvalue weighted by Gasteiger charge is -2.16. The highest BCUT2D eigenvalue weighted by molar-refractivity contribution is 6.30. The lowest BCUT2D eigenvalue weighted by molar-refractivity contribution is 0.336. The monoisotopic (exact) mass is 249 g/mol. The molecule has 0 atom stereocenters. The van der Waals surface area contributed by atoms with E-state index in [0.29, 0.717) is 11.7 Å². The molecule has 1 heterocycles. The van der Waals surface area contributed by atoms with Gasteiger partial charge in [0.05, 0.1) is 5.52 Å². The van der Waals surface area contributed by atoms with Gasteiger partial charge in [0.15, 0.2) is 0 Å². The number of benzene rings is 1. The molecule has 90 valence electrons. The zero-order valence-electron chi connectivity index (χ0n) is 9.86. The lowest BCUT2D eigenvalue weighted by Crippen LogP contribution is -2.25. The SMILES string of the molecule is CN(CCN)Cc1cc2ccccc2nc1Cl. The maximum atomic E-state index is 6.18. The van der Waals surface area contributed by atoms with Gasteiger partial charge in [0, 0.05) is 30.6 Å². The average molecular weight is 250 g/mol. The molecule has 1 aromatic carbocycles. The molecular weight excluding hydrogens is 234 g/mol. The molecule has 0 saturated heterocycles. The first kappa shape index (κ1) is 12.3. The largest absolute Gasteiger partial charge is 0.329 e. The van der Waals surface area contributed by atoms with Crippen LogP contribution in [-0.2, 0) is 6.54 Å². The van der Waals surface area contributed by atoms with Crippen molar-refractivity contribution in [2.45, 2.75) is 6.54 Å². The van der Waals surface area contributed by atoms with Gasteiger partial charge in [-0.05, 0) is 19.2 Å². The zero-order valence-corrected chi connectivity index (χ0v) is 10.6. The normalized spacial score (nSPS) is 11.3. The third-order valence-electron chi connectivity index (χ3n) is 2.70. The standard InChI is InChI=1S/C13H16ClN3/c1-17(7-6-15)9-11-8-10-4-2-3-5-12(10)16-13(11)14/h2-5,8H,6-7,9,15H2,1H3. The van der Waals surface area contributed by atoms with Gasteiger partial charge >= 0.3 is 0 Å². The molecule has 2 rings (SSSR count). The molecule has 0 spiro atoms. The Morgan fingerprint density at radius 1 is 1.35 bits per heavy atom. The van der Waals surface area contributed by atoms with Crippen LogP contribution in [0.4, 0.5) is 0 Å². The van der Waals surface area contributed by atoms with Crippen molar-refractivity contribution in [2.75, 3.05) is 20.1 Å². The second-order valence-corrected chi connectivity index (χ2v) is 4.52. The zero-order chi connectivity index (χ0) is 12.3. The average Bonchev–Trinajstić information content (AvgIpc) is 2.30. The number of para-hydroxylation sites is 1. The molecule has 0 unspecified atom stereocenters. The summed E-state index contributed by atoms with van der Waals surface area (Å²) in [5.74, 6) is 0. The fourth-order valence-electron chi connectivity index (χ4n) is 1.84. The first-order chi connectivity index (χ1) is 8.20. The molecule has 0 amide bonds. The molecule has 2 N–H and O–H groups in total. The minimum atomic E-state index is 0.576. The third kappa shape index (κ3) is 2.94. The third-order valence-corrected chi connectivity index (χ3v) is 3.03. The number of nitrogens with zero attached hydrogens (tertiary/aromatic N) is 2. The van der Waals surface area contributed by atoms with Crippen LogP contribution in [0.5, 0.6) is 0 Å². The Balaban J connectivity index is 2.31. The predicted octanol–water partition coefficient (Wildman–Crippen LogP) is 2.28. The van der Waals surface area contributed by atoms with Gasteiger partial charge in [0.2, 0.25) is 0 Å². The van der Waals surface area contributed by atoms with E-state index in [9.17, 15) is 0 Å². The molecule has 4 heteroatoms. The van der Waals surface area contributed by atoms with Crippen molar-refractivity contribution >= 4 is 22.5 Å². The van der Waals surface area contributed by atoms with Gasteiger partial charge in [-0.2, -0.15) is 0 Å². The maximum Gasteiger partial charge on any atom is 0.134 e. The number of rotatable bonds is 4. The lowest BCUT2D eigenvalue weighted by atomic mass is 10.1. The molecule has 17 heavy (non-hydrogen) atoms. The number of likely N-dealkylation sites (N-methyl/N-ethyl adjacent to an activating group) is 1. The van der Waals surface area contributed by atoms with Crippen molar-refractivity contribution in [3.05, 3.63) is 41.0 Å². The van der Waals surface area contributed by atoms with Gasteiger partial charge < -0.3 is 10.6 Å². The van der Waals surface area contributed by atoms with Crippen LogP contribution in [-0.4, -0.2) is 30.0 Å². The number of pyridine rings is 1. The topological polar surface area (TPSA) is 42.1 Å². The summed E-state index contributed by atoms with van der Waals surface area (Å²) in [7, 11) is 2.03. The fraction of sp³-hybridized carbons (Fsp3) is 0.308. The molecule has 2 aromatic rings. The second-order valence-electron chi connectivity index (χ2n) is 4.16. The molecule has 3 nitrogen and oxygen atoms in total. The number of fused-ring (bicyclic) bond motifs is 1. The minimum Gasteiger partial charge on any atom is -0.329 e. The Bertz CT molecular complexity index is 513. The number of aromatic nitrogens is 1. The van der Waals surface area contributed by atoms with Crippen LogP contribution >= 0.6 is 11.6 Å². The van der Waals surface area contributed by atoms with Crippen LogP contribution in [0.2, 0.25) is 5.15 Å². The molecule has 0 saturated carbocycles. The van der Waals surface area contributed by atoms with E-state index >= 15 is 0 Å². The fourth-order valence-corrected chi connectivity index (χ4v) is 2.04. The molecule has 0 bridgehead atoms. The van der Waals surface area contributed by atoms with E-state index in [-0.39, 0.29) is 0 Å². The van der Waals surface area contributed by atoms with Gasteiger partial charge in [-0.3, -0.25) is 0 Å². The summed E-state index contributed by atoms with van der Waals surface area (Å²) in [6, 6.07) is 10.1. The molecule has 0 aliphatic heterocycles. The quantitative estimate of drug-likeness (QED) is 0.846. The molecule has 0 fully saturated rings. The van der Waals surface area contributed by atoms with E-state index in [1.165, 1.54) is 0 Å². The van der Waals surface area contributed by atoms with Gasteiger partial charge in [0.1, 0.15) is 5.15 Å². The maximum absolute atomic E-state index is 6.18. The molecular formula is C13H16ClN3. The molecule has 1 aromatic heterocycles. The summed E-state index contributed by atoms with van der Waals surface area (Å²) in [4.78, 5) is 6.53. The summed E-state index contributed by atoms with van der Waals surface area (Å²) in [5, 5.41) is 1.70. The van der Waals surface area contributed by atoms with Gasteiger partial charge in [-0.15, -0.1) is 0 Å². The molecule has 0 radical (unpaired) electrons. The van der Waals surface area contributed by atoms with Gasteiger partial charge in [-0.1, -0.05) is 29.8 Å². The Hall–Kier alpha value is -1.16. The van der Waals surface area contributed by atoms with Gasteiger partial charge in [-0.25, -0.2) is 4.98 Å². The number of nitrogens with two attached hydrogens (primary N) is 1. The van der Waals surface area contributed by atoms with E-state index in [0.717, 1.165) is 29.6 Å². The van der Waals surface area contributed by atoms with Crippen molar-refractivity contribution in [3.8, 4) is 0 Å². The van der Waals surface area contributed by atoms with E-state index in [1.807, 2.05) is 31.3 Å². The van der Waals surface area contributed by atoms with Crippen LogP contribution in [0.25, 0.3) is 10.9 Å². The number of halogens is 1. The van der Waals surface area contributed by atoms with Crippen molar-refractivity contribution < 1.29 is 0 Å². The molecule has 0 aliphatic carbocycles. The van der Waals surface area contributed by atoms with Crippen LogP contribution < -0.4 is 5.73 Å². The van der Waals surface area contributed by atoms with Crippen molar-refractivity contribution in [2.24, 2.45) is 5.73 Å². The van der Waals surface area contributed by atoms with E-state index in [1.54, 1.807) is 0 Å². The summed E-state index contributed by atoms with van der Waals surface area (Å²) >= 11 is 6.18. The first-order valence-corrected chi connectivity index (χ1v) is 6.01. The van der Waals surface area contributed by atoms with E-state index in [2.05, 4.69) is 16.0 Å². The van der Waals surface area contributed by atoms with Crippen molar-refractivity contribution in [1.82, 2.24) is 9.88 Å². The Kier molecular flexibility index (Phi) is 3.94. The summed E-state index contributed by atoms with van der Waals surface area (Å²) in [6.45, 7) is 2.27. The minimum absolute atomic E-state index is 0.576. The highest BCUT2D eigenvalue weighted by atomic mass is 35.5. The number of hydrogen-bond acceptors (Lipinski definition) is 3. The van der Waals surface area contributed by atoms with Crippen LogP contribution in [0.1, 0.15) is 5.56 Å². The predicted molar refractivity (Wildman–Crippen MR) is 72.1 cm³/mol. The Labute approximate surface area is 106 Å². The van der Waals surface area contributed by atoms with Crippen LogP contribution in [0, 0.1) is 0 Å². The Morgan fingerprint density at radius 3 is 2.88 bits per heavy atom. The van der Waals surface area contributed by atoms with Crippen molar-refractivity contribution in [3.63, 3.8) is 0 Å². The first-order valence-electron chi connectivity index (χ1n) is 5.63. The summed E-state index contributed by atoms with van der Waals surface area (Å²) in [5.41, 5.74) is 7.50. The summed E-state index contributed by atoms with van der Waals surface area (Å²) < 4.78 is 0. The second kappa shape index (κ2) is 5.45. The van der Waals surface area contributed by atoms with E-state index in [4.69, 9.17) is 17.3 Å². The van der Waals surface area contributed by atoms with E-state index < -0.39 is 0 Å². The Morgan fingerprint density at radius 2 is 2.12 bits per heavy atom. The highest BCUT2D eigenvalue weighted by Crippen LogP contribution is 2.21. The highest BCUT2D eigenvalue weighted by Gasteiger charge is 2.07. The smallest absolute Gasteiger partial charge is 0.134 e. The van der Waals surface area contributed by atoms with Crippen molar-refractivity contribution in [1.29, 1.82) is 0 Å². The van der Waals surface area contributed by atoms with Crippen LogP contribution in [0.15, 0.2) is 30.3 Å². The molecule has 0 aliphatic rings. The van der Waals surface area contributed by atoms with Gasteiger partial charge in [0.25, 0.3) is 0 Å². The number of hydrogen-bond donors (Lipinski definition) is 1.